The fourth-order valence-electron chi connectivity index (χ4n) is 1.28. The van der Waals surface area contributed by atoms with Crippen LogP contribution in [0.4, 0.5) is 0 Å². The molecule has 2 nitrogen and oxygen atoms in total. The van der Waals surface area contributed by atoms with Crippen LogP contribution in [0.5, 0.6) is 0 Å². The van der Waals surface area contributed by atoms with Crippen molar-refractivity contribution in [2.75, 3.05) is 6.61 Å². The quantitative estimate of drug-likeness (QED) is 0.641. The molecule has 0 spiro atoms. The molecule has 0 rings (SSSR count). The zero-order valence-electron chi connectivity index (χ0n) is 8.80. The molecule has 2 heteroatoms. The monoisotopic (exact) mass is 173 g/mol. The number of aliphatic hydroxyl groups excluding tert-OH is 1. The van der Waals surface area contributed by atoms with Crippen LogP contribution in [0.15, 0.2) is 0 Å². The molecule has 0 aromatic carbocycles. The third-order valence-electron chi connectivity index (χ3n) is 2.11. The van der Waals surface area contributed by atoms with Gasteiger partial charge in [0, 0.05) is 12.1 Å². The predicted octanol–water partition coefficient (Wildman–Crippen LogP) is 1.78. The van der Waals surface area contributed by atoms with Gasteiger partial charge in [0.15, 0.2) is 0 Å². The summed E-state index contributed by atoms with van der Waals surface area (Å²) >= 11 is 0. The third-order valence-corrected chi connectivity index (χ3v) is 2.11. The van der Waals surface area contributed by atoms with Crippen molar-refractivity contribution in [3.63, 3.8) is 0 Å². The summed E-state index contributed by atoms with van der Waals surface area (Å²) in [6, 6.07) is 0.792. The lowest BCUT2D eigenvalue weighted by Crippen LogP contribution is -2.39. The molecule has 12 heavy (non-hydrogen) atoms. The molecule has 0 heterocycles. The van der Waals surface area contributed by atoms with E-state index in [9.17, 15) is 0 Å². The smallest absolute Gasteiger partial charge is 0.0584 e. The lowest BCUT2D eigenvalue weighted by atomic mass is 10.0. The van der Waals surface area contributed by atoms with Crippen LogP contribution >= 0.6 is 0 Å². The van der Waals surface area contributed by atoms with Gasteiger partial charge >= 0.3 is 0 Å². The van der Waals surface area contributed by atoms with E-state index in [1.807, 2.05) is 0 Å². The molecular weight excluding hydrogens is 150 g/mol. The van der Waals surface area contributed by atoms with Crippen molar-refractivity contribution in [1.82, 2.24) is 5.32 Å². The highest BCUT2D eigenvalue weighted by atomic mass is 16.3. The minimum Gasteiger partial charge on any atom is -0.395 e. The Bertz CT molecular complexity index is 104. The van der Waals surface area contributed by atoms with Gasteiger partial charge < -0.3 is 10.4 Å². The zero-order valence-corrected chi connectivity index (χ0v) is 8.80. The first kappa shape index (κ1) is 11.9. The molecule has 0 aliphatic carbocycles. The molecule has 2 unspecified atom stereocenters. The third kappa shape index (κ3) is 5.56. The molecular formula is C10H23NO. The molecule has 0 aliphatic rings. The lowest BCUT2D eigenvalue weighted by Gasteiger charge is -2.22. The fourth-order valence-corrected chi connectivity index (χ4v) is 1.28. The van der Waals surface area contributed by atoms with Gasteiger partial charge in [-0.15, -0.1) is 0 Å². The Morgan fingerprint density at radius 1 is 1.25 bits per heavy atom. The zero-order chi connectivity index (χ0) is 9.56. The molecule has 0 aliphatic heterocycles. The van der Waals surface area contributed by atoms with Gasteiger partial charge in [-0.05, 0) is 25.7 Å². The molecule has 74 valence electrons. The molecule has 0 fully saturated rings. The number of aliphatic hydroxyl groups is 1. The first-order chi connectivity index (χ1) is 5.60. The normalized spacial score (nSPS) is 16.5. The predicted molar refractivity (Wildman–Crippen MR) is 53.2 cm³/mol. The van der Waals surface area contributed by atoms with E-state index in [2.05, 4.69) is 33.0 Å². The minimum atomic E-state index is 0.253. The topological polar surface area (TPSA) is 32.3 Å². The largest absolute Gasteiger partial charge is 0.395 e. The van der Waals surface area contributed by atoms with Crippen molar-refractivity contribution in [3.8, 4) is 0 Å². The van der Waals surface area contributed by atoms with E-state index in [0.717, 1.165) is 12.8 Å². The molecule has 0 radical (unpaired) electrons. The highest BCUT2D eigenvalue weighted by Crippen LogP contribution is 2.05. The summed E-state index contributed by atoms with van der Waals surface area (Å²) in [4.78, 5) is 0. The summed E-state index contributed by atoms with van der Waals surface area (Å²) in [5, 5.41) is 12.5. The summed E-state index contributed by atoms with van der Waals surface area (Å²) < 4.78 is 0. The molecule has 0 saturated heterocycles. The molecule has 2 atom stereocenters. The van der Waals surface area contributed by atoms with Gasteiger partial charge in [-0.2, -0.15) is 0 Å². The fraction of sp³-hybridized carbons (Fsp3) is 1.00. The Balaban J connectivity index is 3.66. The Labute approximate surface area is 76.4 Å². The molecule has 0 aromatic rings. The van der Waals surface area contributed by atoms with E-state index in [0.29, 0.717) is 12.0 Å². The SMILES string of the molecule is CCC(C)NC(CO)CC(C)C. The second-order valence-corrected chi connectivity index (χ2v) is 3.99. The Morgan fingerprint density at radius 3 is 2.17 bits per heavy atom. The van der Waals surface area contributed by atoms with Crippen molar-refractivity contribution in [2.45, 2.75) is 52.6 Å². The highest BCUT2D eigenvalue weighted by molar-refractivity contribution is 4.70. The summed E-state index contributed by atoms with van der Waals surface area (Å²) in [5.41, 5.74) is 0. The average molecular weight is 173 g/mol. The summed E-state index contributed by atoms with van der Waals surface area (Å²) in [6.07, 6.45) is 2.18. The second kappa shape index (κ2) is 6.44. The van der Waals surface area contributed by atoms with Gasteiger partial charge in [-0.1, -0.05) is 20.8 Å². The van der Waals surface area contributed by atoms with Gasteiger partial charge in [0.1, 0.15) is 0 Å². The highest BCUT2D eigenvalue weighted by Gasteiger charge is 2.10. The van der Waals surface area contributed by atoms with Crippen molar-refractivity contribution in [1.29, 1.82) is 0 Å². The first-order valence-electron chi connectivity index (χ1n) is 4.97. The first-order valence-corrected chi connectivity index (χ1v) is 4.97. The van der Waals surface area contributed by atoms with Gasteiger partial charge in [0.25, 0.3) is 0 Å². The van der Waals surface area contributed by atoms with Crippen molar-refractivity contribution >= 4 is 0 Å². The Hall–Kier alpha value is -0.0800. The van der Waals surface area contributed by atoms with Crippen LogP contribution in [-0.4, -0.2) is 23.8 Å². The van der Waals surface area contributed by atoms with Crippen LogP contribution in [0.3, 0.4) is 0 Å². The van der Waals surface area contributed by atoms with Crippen molar-refractivity contribution in [3.05, 3.63) is 0 Å². The maximum atomic E-state index is 9.06. The summed E-state index contributed by atoms with van der Waals surface area (Å²) in [7, 11) is 0. The second-order valence-electron chi connectivity index (χ2n) is 3.99. The van der Waals surface area contributed by atoms with E-state index >= 15 is 0 Å². The van der Waals surface area contributed by atoms with Crippen LogP contribution in [0.2, 0.25) is 0 Å². The summed E-state index contributed by atoms with van der Waals surface area (Å²) in [6.45, 7) is 8.93. The Morgan fingerprint density at radius 2 is 1.83 bits per heavy atom. The van der Waals surface area contributed by atoms with Gasteiger partial charge in [-0.25, -0.2) is 0 Å². The lowest BCUT2D eigenvalue weighted by molar-refractivity contribution is 0.214. The molecule has 0 bridgehead atoms. The van der Waals surface area contributed by atoms with Crippen molar-refractivity contribution < 1.29 is 5.11 Å². The Kier molecular flexibility index (Phi) is 6.39. The molecule has 2 N–H and O–H groups in total. The van der Waals surface area contributed by atoms with Crippen LogP contribution in [0, 0.1) is 5.92 Å². The summed E-state index contributed by atoms with van der Waals surface area (Å²) in [5.74, 6) is 0.652. The van der Waals surface area contributed by atoms with E-state index in [4.69, 9.17) is 5.11 Å². The van der Waals surface area contributed by atoms with Crippen molar-refractivity contribution in [2.24, 2.45) is 5.92 Å². The van der Waals surface area contributed by atoms with Crippen LogP contribution in [-0.2, 0) is 0 Å². The number of hydrogen-bond donors (Lipinski definition) is 2. The molecule has 0 amide bonds. The van der Waals surface area contributed by atoms with E-state index in [1.54, 1.807) is 0 Å². The van der Waals surface area contributed by atoms with Crippen LogP contribution in [0.1, 0.15) is 40.5 Å². The number of hydrogen-bond acceptors (Lipinski definition) is 2. The molecule has 0 saturated carbocycles. The van der Waals surface area contributed by atoms with Gasteiger partial charge in [-0.3, -0.25) is 0 Å². The van der Waals surface area contributed by atoms with E-state index < -0.39 is 0 Å². The maximum Gasteiger partial charge on any atom is 0.0584 e. The van der Waals surface area contributed by atoms with Crippen LogP contribution in [0.25, 0.3) is 0 Å². The molecule has 0 aromatic heterocycles. The van der Waals surface area contributed by atoms with E-state index in [1.165, 1.54) is 0 Å². The van der Waals surface area contributed by atoms with Gasteiger partial charge in [0.2, 0.25) is 0 Å². The number of nitrogens with one attached hydrogen (secondary N) is 1. The standard InChI is InChI=1S/C10H23NO/c1-5-9(4)11-10(7-12)6-8(2)3/h8-12H,5-7H2,1-4H3. The number of rotatable bonds is 6. The minimum absolute atomic E-state index is 0.253. The van der Waals surface area contributed by atoms with Crippen LogP contribution < -0.4 is 5.32 Å². The van der Waals surface area contributed by atoms with E-state index in [-0.39, 0.29) is 12.6 Å². The maximum absolute atomic E-state index is 9.06. The van der Waals surface area contributed by atoms with Gasteiger partial charge in [0.05, 0.1) is 6.61 Å². The average Bonchev–Trinajstić information content (AvgIpc) is 2.02.